The van der Waals surface area contributed by atoms with Gasteiger partial charge in [0.25, 0.3) is 0 Å². The summed E-state index contributed by atoms with van der Waals surface area (Å²) in [6.45, 7) is 0. The van der Waals surface area contributed by atoms with Crippen molar-refractivity contribution in [1.29, 1.82) is 0 Å². The van der Waals surface area contributed by atoms with E-state index < -0.39 is 0 Å². The van der Waals surface area contributed by atoms with Crippen molar-refractivity contribution >= 4 is 28.2 Å². The van der Waals surface area contributed by atoms with Crippen LogP contribution in [0.4, 0.5) is 5.69 Å². The second kappa shape index (κ2) is 7.25. The van der Waals surface area contributed by atoms with Crippen molar-refractivity contribution in [2.45, 2.75) is 19.3 Å². The van der Waals surface area contributed by atoms with E-state index in [2.05, 4.69) is 113 Å². The van der Waals surface area contributed by atoms with Crippen LogP contribution < -0.4 is 5.32 Å². The van der Waals surface area contributed by atoms with Gasteiger partial charge >= 0.3 is 0 Å². The molecule has 0 bridgehead atoms. The van der Waals surface area contributed by atoms with Gasteiger partial charge in [-0.3, -0.25) is 0 Å². The molecule has 7 rings (SSSR count). The molecule has 0 fully saturated rings. The predicted molar refractivity (Wildman–Crippen MR) is 140 cm³/mol. The Kier molecular flexibility index (Phi) is 4.07. The molecule has 33 heavy (non-hydrogen) atoms. The van der Waals surface area contributed by atoms with Crippen molar-refractivity contribution in [2.75, 3.05) is 5.32 Å². The van der Waals surface area contributed by atoms with Crippen LogP contribution in [-0.2, 0) is 6.42 Å². The summed E-state index contributed by atoms with van der Waals surface area (Å²) in [5.41, 5.74) is 12.9. The number of benzene rings is 3. The fourth-order valence-corrected chi connectivity index (χ4v) is 5.62. The van der Waals surface area contributed by atoms with Gasteiger partial charge in [-0.25, -0.2) is 0 Å². The van der Waals surface area contributed by atoms with Crippen LogP contribution in [-0.4, -0.2) is 4.57 Å². The summed E-state index contributed by atoms with van der Waals surface area (Å²) in [6, 6.07) is 24.3. The molecule has 0 spiro atoms. The zero-order chi connectivity index (χ0) is 21.8. The summed E-state index contributed by atoms with van der Waals surface area (Å²) in [4.78, 5) is 0. The van der Waals surface area contributed by atoms with Gasteiger partial charge in [0.2, 0.25) is 0 Å². The summed E-state index contributed by atoms with van der Waals surface area (Å²) in [5, 5.41) is 5.13. The number of para-hydroxylation sites is 2. The number of hydrogen-bond donors (Lipinski definition) is 1. The molecule has 3 aliphatic rings. The molecule has 4 aromatic rings. The minimum absolute atomic E-state index is 0.891. The van der Waals surface area contributed by atoms with E-state index in [-0.39, 0.29) is 0 Å². The van der Waals surface area contributed by atoms with E-state index in [4.69, 9.17) is 0 Å². The Morgan fingerprint density at radius 2 is 1.67 bits per heavy atom. The van der Waals surface area contributed by atoms with Gasteiger partial charge in [0, 0.05) is 45.6 Å². The van der Waals surface area contributed by atoms with Crippen molar-refractivity contribution in [3.63, 3.8) is 0 Å². The number of anilines is 1. The fourth-order valence-electron chi connectivity index (χ4n) is 5.62. The van der Waals surface area contributed by atoms with Crippen LogP contribution in [0, 0.1) is 0 Å². The molecule has 2 aliphatic carbocycles. The van der Waals surface area contributed by atoms with Crippen molar-refractivity contribution in [1.82, 2.24) is 4.57 Å². The first-order valence-electron chi connectivity index (χ1n) is 11.8. The maximum absolute atomic E-state index is 3.79. The van der Waals surface area contributed by atoms with Crippen LogP contribution in [0.15, 0.2) is 103 Å². The van der Waals surface area contributed by atoms with Crippen LogP contribution in [0.3, 0.4) is 0 Å². The van der Waals surface area contributed by atoms with Crippen LogP contribution in [0.25, 0.3) is 39.5 Å². The van der Waals surface area contributed by atoms with Crippen LogP contribution in [0.5, 0.6) is 0 Å². The molecule has 2 heterocycles. The van der Waals surface area contributed by atoms with Crippen LogP contribution >= 0.6 is 0 Å². The Morgan fingerprint density at radius 3 is 2.61 bits per heavy atom. The number of hydrogen-bond acceptors (Lipinski definition) is 1. The minimum atomic E-state index is 0.891. The summed E-state index contributed by atoms with van der Waals surface area (Å²) < 4.78 is 2.52. The Morgan fingerprint density at radius 1 is 0.788 bits per heavy atom. The van der Waals surface area contributed by atoms with E-state index in [9.17, 15) is 0 Å². The summed E-state index contributed by atoms with van der Waals surface area (Å²) in [6.07, 6.45) is 16.5. The fraction of sp³-hybridized carbons (Fsp3) is 0.0968. The topological polar surface area (TPSA) is 17.0 Å². The molecule has 1 N–H and O–H groups in total. The number of allylic oxidation sites excluding steroid dienone is 6. The molecular weight excluding hydrogens is 400 g/mol. The molecule has 0 saturated heterocycles. The highest BCUT2D eigenvalue weighted by Gasteiger charge is 2.29. The lowest BCUT2D eigenvalue weighted by Crippen LogP contribution is -2.03. The SMILES string of the molecule is C1=CCC2=C(C=C1)c1c(n(-c3ccccc3)c3c4c(ccc13)C=CCC4)-c1ccccc1N2. The average Bonchev–Trinajstić information content (AvgIpc) is 2.96. The zero-order valence-electron chi connectivity index (χ0n) is 18.4. The van der Waals surface area contributed by atoms with Crippen molar-refractivity contribution < 1.29 is 0 Å². The smallest absolute Gasteiger partial charge is 0.0641 e. The monoisotopic (exact) mass is 424 g/mol. The number of aromatic nitrogens is 1. The highest BCUT2D eigenvalue weighted by Crippen LogP contribution is 2.48. The first-order valence-corrected chi connectivity index (χ1v) is 11.8. The maximum atomic E-state index is 3.79. The van der Waals surface area contributed by atoms with E-state index in [0.29, 0.717) is 0 Å². The van der Waals surface area contributed by atoms with Gasteiger partial charge in [-0.05, 0) is 42.2 Å². The molecule has 0 amide bonds. The van der Waals surface area contributed by atoms with Crippen LogP contribution in [0.2, 0.25) is 0 Å². The van der Waals surface area contributed by atoms with E-state index >= 15 is 0 Å². The lowest BCUT2D eigenvalue weighted by Gasteiger charge is -2.18. The van der Waals surface area contributed by atoms with E-state index in [0.717, 1.165) is 19.3 Å². The van der Waals surface area contributed by atoms with Gasteiger partial charge in [0.15, 0.2) is 0 Å². The molecule has 0 radical (unpaired) electrons. The highest BCUT2D eigenvalue weighted by atomic mass is 15.0. The van der Waals surface area contributed by atoms with E-state index in [1.807, 2.05) is 0 Å². The first-order chi connectivity index (χ1) is 16.4. The average molecular weight is 425 g/mol. The lowest BCUT2D eigenvalue weighted by atomic mass is 9.92. The number of nitrogens with one attached hydrogen (secondary N) is 1. The Bertz CT molecular complexity index is 1540. The van der Waals surface area contributed by atoms with Gasteiger partial charge < -0.3 is 9.88 Å². The van der Waals surface area contributed by atoms with Crippen molar-refractivity contribution in [2.24, 2.45) is 0 Å². The lowest BCUT2D eigenvalue weighted by molar-refractivity contribution is 0.981. The van der Waals surface area contributed by atoms with Gasteiger partial charge in [-0.1, -0.05) is 85.0 Å². The van der Waals surface area contributed by atoms with Crippen molar-refractivity contribution in [3.8, 4) is 16.9 Å². The van der Waals surface area contributed by atoms with E-state index in [1.54, 1.807) is 0 Å². The molecule has 2 heteroatoms. The molecule has 1 aromatic heterocycles. The minimum Gasteiger partial charge on any atom is -0.358 e. The summed E-state index contributed by atoms with van der Waals surface area (Å²) in [7, 11) is 0. The quantitative estimate of drug-likeness (QED) is 0.328. The van der Waals surface area contributed by atoms with Gasteiger partial charge in [-0.15, -0.1) is 0 Å². The second-order valence-corrected chi connectivity index (χ2v) is 8.92. The Balaban J connectivity index is 1.72. The molecule has 0 atom stereocenters. The summed E-state index contributed by atoms with van der Waals surface area (Å²) in [5.74, 6) is 0. The third kappa shape index (κ3) is 2.74. The second-order valence-electron chi connectivity index (χ2n) is 8.92. The molecule has 1 aliphatic heterocycles. The largest absolute Gasteiger partial charge is 0.358 e. The van der Waals surface area contributed by atoms with Gasteiger partial charge in [-0.2, -0.15) is 0 Å². The maximum Gasteiger partial charge on any atom is 0.0641 e. The van der Waals surface area contributed by atoms with Crippen LogP contribution in [0.1, 0.15) is 29.5 Å². The predicted octanol–water partition coefficient (Wildman–Crippen LogP) is 7.91. The van der Waals surface area contributed by atoms with Gasteiger partial charge in [0.05, 0.1) is 11.2 Å². The molecule has 158 valence electrons. The zero-order valence-corrected chi connectivity index (χ0v) is 18.4. The standard InChI is InChI=1S/C31H24N2/c1-3-12-22(13-4-1)33-30-23-14-8-7-11-21(23)19-20-26(30)29-24-15-5-2-6-17-27(24)32-28-18-10-9-16-25(28)31(29)33/h1-7,9-13,15-16,18-20,32H,8,14,17H2. The first kappa shape index (κ1) is 18.5. The Hall–Kier alpha value is -4.04. The highest BCUT2D eigenvalue weighted by molar-refractivity contribution is 6.09. The number of fused-ring (bicyclic) bond motifs is 8. The normalized spacial score (nSPS) is 15.9. The molecule has 0 saturated carbocycles. The number of nitrogens with zero attached hydrogens (tertiary/aromatic N) is 1. The molecule has 2 nitrogen and oxygen atoms in total. The Labute approximate surface area is 193 Å². The van der Waals surface area contributed by atoms with Crippen molar-refractivity contribution in [3.05, 3.63) is 119 Å². The van der Waals surface area contributed by atoms with E-state index in [1.165, 1.54) is 61.5 Å². The third-order valence-corrected chi connectivity index (χ3v) is 7.04. The molecule has 3 aromatic carbocycles. The number of rotatable bonds is 1. The molecular formula is C31H24N2. The van der Waals surface area contributed by atoms with Gasteiger partial charge in [0.1, 0.15) is 0 Å². The number of aryl methyl sites for hydroxylation is 1. The molecule has 0 unspecified atom stereocenters. The third-order valence-electron chi connectivity index (χ3n) is 7.04. The summed E-state index contributed by atoms with van der Waals surface area (Å²) >= 11 is 0.